The number of benzene rings is 1. The molecule has 0 saturated carbocycles. The maximum Gasteiger partial charge on any atom is 0.133 e. The fourth-order valence-corrected chi connectivity index (χ4v) is 5.09. The Morgan fingerprint density at radius 3 is 2.06 bits per heavy atom. The molecule has 0 radical (unpaired) electrons. The number of hydrogen-bond donors (Lipinski definition) is 0. The number of alkyl halides is 1. The van der Waals surface area contributed by atoms with Gasteiger partial charge in [-0.25, -0.2) is 0 Å². The second kappa shape index (κ2) is 5.74. The van der Waals surface area contributed by atoms with Crippen molar-refractivity contribution in [3.05, 3.63) is 18.2 Å². The van der Waals surface area contributed by atoms with Crippen LogP contribution in [0.4, 0.5) is 0 Å². The van der Waals surface area contributed by atoms with E-state index >= 15 is 0 Å². The van der Waals surface area contributed by atoms with E-state index in [0.29, 0.717) is 28.0 Å². The predicted octanol–water partition coefficient (Wildman–Crippen LogP) is 3.06. The Labute approximate surface area is 105 Å². The van der Waals surface area contributed by atoms with E-state index < -0.39 is 7.14 Å². The number of halogens is 1. The Bertz CT molecular complexity index is 376. The maximum absolute atomic E-state index is 12.7. The molecule has 0 spiro atoms. The second-order valence-electron chi connectivity index (χ2n) is 3.34. The first kappa shape index (κ1) is 13.6. The van der Waals surface area contributed by atoms with E-state index in [2.05, 4.69) is 15.9 Å². The van der Waals surface area contributed by atoms with Crippen LogP contribution in [0.1, 0.15) is 6.92 Å². The van der Waals surface area contributed by atoms with Gasteiger partial charge in [0.25, 0.3) is 0 Å². The Morgan fingerprint density at radius 2 is 1.75 bits per heavy atom. The summed E-state index contributed by atoms with van der Waals surface area (Å²) in [5, 5.41) is 1.13. The van der Waals surface area contributed by atoms with E-state index in [1.165, 1.54) is 0 Å². The fraction of sp³-hybridized carbons (Fsp3) is 0.455. The molecule has 0 N–H and O–H groups in total. The minimum absolute atomic E-state index is 0.438. The van der Waals surface area contributed by atoms with Gasteiger partial charge in [-0.15, -0.1) is 0 Å². The monoisotopic (exact) mass is 306 g/mol. The largest absolute Gasteiger partial charge is 0.496 e. The lowest BCUT2D eigenvalue weighted by molar-refractivity contribution is 0.400. The highest BCUT2D eigenvalue weighted by molar-refractivity contribution is 9.10. The van der Waals surface area contributed by atoms with Crippen molar-refractivity contribution in [1.82, 2.24) is 0 Å². The summed E-state index contributed by atoms with van der Waals surface area (Å²) in [6.45, 7) is 1.91. The lowest BCUT2D eigenvalue weighted by Gasteiger charge is -2.19. The van der Waals surface area contributed by atoms with E-state index in [9.17, 15) is 4.57 Å². The van der Waals surface area contributed by atoms with Crippen molar-refractivity contribution in [1.29, 1.82) is 0 Å². The molecule has 90 valence electrons. The minimum Gasteiger partial charge on any atom is -0.496 e. The number of methoxy groups -OCH3 is 2. The molecule has 16 heavy (non-hydrogen) atoms. The van der Waals surface area contributed by atoms with Crippen LogP contribution in [0, 0.1) is 0 Å². The molecule has 1 atom stereocenters. The molecule has 5 heteroatoms. The van der Waals surface area contributed by atoms with E-state index in [1.54, 1.807) is 14.2 Å². The first-order valence-corrected chi connectivity index (χ1v) is 8.18. The molecule has 1 aromatic carbocycles. The Hall–Kier alpha value is -0.470. The third kappa shape index (κ3) is 2.44. The summed E-state index contributed by atoms with van der Waals surface area (Å²) in [5.41, 5.74) is 0. The van der Waals surface area contributed by atoms with Gasteiger partial charge in [-0.3, -0.25) is 0 Å². The van der Waals surface area contributed by atoms with Gasteiger partial charge in [0, 0.05) is 6.16 Å². The van der Waals surface area contributed by atoms with Crippen LogP contribution in [0.15, 0.2) is 18.2 Å². The van der Waals surface area contributed by atoms with Gasteiger partial charge in [-0.05, 0) is 12.1 Å². The zero-order chi connectivity index (χ0) is 12.2. The molecule has 0 bridgehead atoms. The van der Waals surface area contributed by atoms with Crippen molar-refractivity contribution in [3.63, 3.8) is 0 Å². The van der Waals surface area contributed by atoms with Crippen LogP contribution in [0.5, 0.6) is 11.5 Å². The second-order valence-corrected chi connectivity index (χ2v) is 7.94. The van der Waals surface area contributed by atoms with E-state index in [4.69, 9.17) is 9.47 Å². The van der Waals surface area contributed by atoms with Crippen LogP contribution in [0.25, 0.3) is 0 Å². The highest BCUT2D eigenvalue weighted by Gasteiger charge is 2.28. The first-order valence-electron chi connectivity index (χ1n) is 4.98. The van der Waals surface area contributed by atoms with Crippen LogP contribution in [0.2, 0.25) is 0 Å². The van der Waals surface area contributed by atoms with Crippen LogP contribution < -0.4 is 14.8 Å². The van der Waals surface area contributed by atoms with Gasteiger partial charge in [0.1, 0.15) is 18.6 Å². The fourth-order valence-electron chi connectivity index (χ4n) is 1.54. The first-order chi connectivity index (χ1) is 7.62. The molecular formula is C11H16BrO3P. The topological polar surface area (TPSA) is 35.5 Å². The summed E-state index contributed by atoms with van der Waals surface area (Å²) in [7, 11) is 0.677. The van der Waals surface area contributed by atoms with Gasteiger partial charge in [-0.2, -0.15) is 0 Å². The van der Waals surface area contributed by atoms with E-state index in [0.717, 1.165) is 0 Å². The normalized spacial score (nSPS) is 14.2. The molecule has 3 nitrogen and oxygen atoms in total. The number of rotatable bonds is 5. The number of ether oxygens (including phenoxy) is 2. The molecule has 0 saturated heterocycles. The van der Waals surface area contributed by atoms with Crippen molar-refractivity contribution in [2.45, 2.75) is 6.92 Å². The summed E-state index contributed by atoms with van der Waals surface area (Å²) in [6.07, 6.45) is 0.578. The quantitative estimate of drug-likeness (QED) is 0.619. The van der Waals surface area contributed by atoms with Crippen molar-refractivity contribution in [2.24, 2.45) is 0 Å². The van der Waals surface area contributed by atoms with Gasteiger partial charge < -0.3 is 14.0 Å². The molecule has 0 aliphatic heterocycles. The molecule has 0 aromatic heterocycles. The standard InChI is InChI=1S/C11H16BrO3P/c1-4-16(13,8-12)11-9(14-2)6-5-7-10(11)15-3/h5-7H,4,8H2,1-3H3. The van der Waals surface area contributed by atoms with E-state index in [-0.39, 0.29) is 0 Å². The van der Waals surface area contributed by atoms with Gasteiger partial charge in [0.05, 0.1) is 24.6 Å². The molecule has 0 fully saturated rings. The molecule has 0 aliphatic rings. The molecule has 0 amide bonds. The molecule has 1 aromatic rings. The van der Waals surface area contributed by atoms with Crippen LogP contribution >= 0.6 is 23.1 Å². The van der Waals surface area contributed by atoms with Crippen LogP contribution in [0.3, 0.4) is 0 Å². The molecule has 0 heterocycles. The zero-order valence-corrected chi connectivity index (χ0v) is 12.2. The summed E-state index contributed by atoms with van der Waals surface area (Å²) in [6, 6.07) is 5.45. The third-order valence-electron chi connectivity index (χ3n) is 2.51. The molecule has 0 aliphatic carbocycles. The van der Waals surface area contributed by atoms with Gasteiger partial charge in [-0.1, -0.05) is 28.9 Å². The van der Waals surface area contributed by atoms with Crippen molar-refractivity contribution >= 4 is 28.4 Å². The lowest BCUT2D eigenvalue weighted by atomic mass is 10.3. The molecule has 1 rings (SSSR count). The molecular weight excluding hydrogens is 291 g/mol. The van der Waals surface area contributed by atoms with Crippen LogP contribution in [-0.4, -0.2) is 25.5 Å². The Morgan fingerprint density at radius 1 is 1.25 bits per heavy atom. The lowest BCUT2D eigenvalue weighted by Crippen LogP contribution is -2.14. The van der Waals surface area contributed by atoms with E-state index in [1.807, 2.05) is 25.1 Å². The average molecular weight is 307 g/mol. The summed E-state index contributed by atoms with van der Waals surface area (Å²) in [4.78, 5) is 0. The third-order valence-corrected chi connectivity index (χ3v) is 7.61. The summed E-state index contributed by atoms with van der Waals surface area (Å²) < 4.78 is 23.2. The van der Waals surface area contributed by atoms with Crippen molar-refractivity contribution in [2.75, 3.05) is 25.5 Å². The predicted molar refractivity (Wildman–Crippen MR) is 71.1 cm³/mol. The van der Waals surface area contributed by atoms with Gasteiger partial charge in [0.15, 0.2) is 0 Å². The van der Waals surface area contributed by atoms with Gasteiger partial charge >= 0.3 is 0 Å². The Balaban J connectivity index is 3.44. The highest BCUT2D eigenvalue weighted by atomic mass is 79.9. The minimum atomic E-state index is -2.48. The van der Waals surface area contributed by atoms with Gasteiger partial charge in [0.2, 0.25) is 0 Å². The number of hydrogen-bond acceptors (Lipinski definition) is 3. The summed E-state index contributed by atoms with van der Waals surface area (Å²) >= 11 is 3.32. The summed E-state index contributed by atoms with van der Waals surface area (Å²) in [5.74, 6) is 1.26. The zero-order valence-electron chi connectivity index (χ0n) is 9.70. The molecule has 1 unspecified atom stereocenters. The van der Waals surface area contributed by atoms with Crippen molar-refractivity contribution in [3.8, 4) is 11.5 Å². The smallest absolute Gasteiger partial charge is 0.133 e. The van der Waals surface area contributed by atoms with Crippen molar-refractivity contribution < 1.29 is 14.0 Å². The SMILES string of the molecule is CCP(=O)(CBr)c1c(OC)cccc1OC. The maximum atomic E-state index is 12.7. The Kier molecular flexibility index (Phi) is 4.88. The van der Waals surface area contributed by atoms with Crippen LogP contribution in [-0.2, 0) is 4.57 Å². The highest BCUT2D eigenvalue weighted by Crippen LogP contribution is 2.50. The average Bonchev–Trinajstić information content (AvgIpc) is 2.36.